The van der Waals surface area contributed by atoms with Crippen molar-refractivity contribution in [2.24, 2.45) is 5.41 Å². The Kier molecular flexibility index (Phi) is 7.87. The summed E-state index contributed by atoms with van der Waals surface area (Å²) in [6, 6.07) is 10.7. The van der Waals surface area contributed by atoms with E-state index in [9.17, 15) is 18.1 Å². The van der Waals surface area contributed by atoms with E-state index in [1.54, 1.807) is 0 Å². The fourth-order valence-electron chi connectivity index (χ4n) is 7.82. The number of hydrogen-bond donors (Lipinski definition) is 0. The molecule has 0 bridgehead atoms. The molecule has 4 aromatic rings. The van der Waals surface area contributed by atoms with E-state index in [1.807, 2.05) is 19.1 Å². The Labute approximate surface area is 268 Å². The van der Waals surface area contributed by atoms with Crippen LogP contribution in [0.2, 0.25) is 0 Å². The summed E-state index contributed by atoms with van der Waals surface area (Å²) in [6.45, 7) is 11.5. The van der Waals surface area contributed by atoms with Gasteiger partial charge < -0.3 is 14.4 Å². The summed E-state index contributed by atoms with van der Waals surface area (Å²) in [5.41, 5.74) is 4.52. The molecule has 3 aromatic heterocycles. The van der Waals surface area contributed by atoms with E-state index >= 15 is 0 Å². The molecule has 0 amide bonds. The van der Waals surface area contributed by atoms with Crippen molar-refractivity contribution in [2.75, 3.05) is 57.0 Å². The van der Waals surface area contributed by atoms with E-state index in [-0.39, 0.29) is 10.7 Å². The van der Waals surface area contributed by atoms with E-state index in [0.717, 1.165) is 91.5 Å². The van der Waals surface area contributed by atoms with Crippen molar-refractivity contribution in [3.05, 3.63) is 51.8 Å². The fourth-order valence-corrected chi connectivity index (χ4v) is 9.81. The van der Waals surface area contributed by atoms with Gasteiger partial charge in [0, 0.05) is 73.3 Å². The second kappa shape index (κ2) is 11.6. The van der Waals surface area contributed by atoms with E-state index in [2.05, 4.69) is 49.4 Å². The minimum Gasteiger partial charge on any atom is -0.355 e. The first-order valence-corrected chi connectivity index (χ1v) is 18.6. The highest BCUT2D eigenvalue weighted by Crippen LogP contribution is 2.43. The van der Waals surface area contributed by atoms with Crippen LogP contribution in [-0.2, 0) is 29.6 Å². The molecule has 0 radical (unpaired) electrons. The number of halogens is 1. The first kappa shape index (κ1) is 30.5. The van der Waals surface area contributed by atoms with Crippen LogP contribution in [0, 0.1) is 30.6 Å². The van der Waals surface area contributed by atoms with Crippen LogP contribution in [0.4, 0.5) is 10.2 Å². The van der Waals surface area contributed by atoms with Crippen molar-refractivity contribution in [2.45, 2.75) is 58.1 Å². The molecule has 9 nitrogen and oxygen atoms in total. The smallest absolute Gasteiger partial charge is 0.150 e. The molecule has 0 aliphatic carbocycles. The molecule has 0 saturated carbocycles. The quantitative estimate of drug-likeness (QED) is 0.268. The van der Waals surface area contributed by atoms with Gasteiger partial charge in [-0.3, -0.25) is 4.90 Å². The zero-order valence-electron chi connectivity index (χ0n) is 26.2. The number of piperidine rings is 1. The molecule has 12 heteroatoms. The van der Waals surface area contributed by atoms with E-state index in [4.69, 9.17) is 4.98 Å². The van der Waals surface area contributed by atoms with E-state index < -0.39 is 16.5 Å². The molecular weight excluding hydrogens is 610 g/mol. The van der Waals surface area contributed by atoms with Crippen molar-refractivity contribution >= 4 is 48.1 Å². The number of benzene rings is 1. The average Bonchev–Trinajstić information content (AvgIpc) is 3.72. The summed E-state index contributed by atoms with van der Waals surface area (Å²) >= 11 is 1.42. The Hall–Kier alpha value is -3.11. The van der Waals surface area contributed by atoms with Crippen LogP contribution in [0.1, 0.15) is 46.8 Å². The molecular formula is C33H40FN7O2S2. The highest BCUT2D eigenvalue weighted by Gasteiger charge is 2.48. The monoisotopic (exact) mass is 649 g/mol. The number of nitriles is 1. The fraction of sp³-hybridized carbons (Fsp3) is 0.545. The topological polar surface area (TPSA) is 98.4 Å². The number of nitrogens with zero attached hydrogens (tertiary/aromatic N) is 7. The predicted octanol–water partition coefficient (Wildman–Crippen LogP) is 4.83. The summed E-state index contributed by atoms with van der Waals surface area (Å²) in [6.07, 6.45) is 3.81. The molecule has 3 aliphatic rings. The number of rotatable bonds is 8. The lowest BCUT2D eigenvalue weighted by Gasteiger charge is -2.48. The van der Waals surface area contributed by atoms with Crippen LogP contribution < -0.4 is 4.90 Å². The molecule has 1 spiro atoms. The minimum atomic E-state index is -2.99. The first-order valence-electron chi connectivity index (χ1n) is 15.8. The lowest BCUT2D eigenvalue weighted by atomic mass is 9.78. The van der Waals surface area contributed by atoms with Gasteiger partial charge in [-0.2, -0.15) is 5.26 Å². The van der Waals surface area contributed by atoms with Gasteiger partial charge in [-0.15, -0.1) is 11.3 Å². The van der Waals surface area contributed by atoms with Crippen molar-refractivity contribution in [1.82, 2.24) is 24.3 Å². The number of sulfone groups is 1. The molecule has 6 heterocycles. The second-order valence-corrected chi connectivity index (χ2v) is 16.9. The first-order chi connectivity index (χ1) is 21.6. The number of alkyl halides is 1. The number of fused-ring (bicyclic) bond motifs is 2. The molecule has 0 atom stereocenters. The van der Waals surface area contributed by atoms with E-state index in [1.165, 1.54) is 28.7 Å². The second-order valence-electron chi connectivity index (χ2n) is 13.4. The van der Waals surface area contributed by atoms with Gasteiger partial charge in [-0.25, -0.2) is 22.8 Å². The number of aryl methyl sites for hydroxylation is 2. The third kappa shape index (κ3) is 5.73. The molecule has 0 unspecified atom stereocenters. The van der Waals surface area contributed by atoms with Gasteiger partial charge in [0.2, 0.25) is 0 Å². The Morgan fingerprint density at radius 1 is 1.04 bits per heavy atom. The molecule has 238 valence electrons. The molecule has 3 saturated heterocycles. The molecule has 3 aliphatic heterocycles. The zero-order valence-corrected chi connectivity index (χ0v) is 27.9. The van der Waals surface area contributed by atoms with Gasteiger partial charge in [0.25, 0.3) is 0 Å². The van der Waals surface area contributed by atoms with Crippen LogP contribution in [0.3, 0.4) is 0 Å². The normalized spacial score (nSPS) is 19.6. The van der Waals surface area contributed by atoms with Crippen molar-refractivity contribution in [1.29, 1.82) is 5.26 Å². The van der Waals surface area contributed by atoms with Crippen molar-refractivity contribution < 1.29 is 12.8 Å². The van der Waals surface area contributed by atoms with Crippen LogP contribution >= 0.6 is 11.3 Å². The van der Waals surface area contributed by atoms with Gasteiger partial charge in [0.05, 0.1) is 10.6 Å². The highest BCUT2D eigenvalue weighted by atomic mass is 32.2. The van der Waals surface area contributed by atoms with Crippen molar-refractivity contribution in [3.63, 3.8) is 0 Å². The Bertz CT molecular complexity index is 1910. The summed E-state index contributed by atoms with van der Waals surface area (Å²) in [4.78, 5) is 18.1. The number of anilines is 1. The summed E-state index contributed by atoms with van der Waals surface area (Å²) in [5, 5.41) is 11.8. The van der Waals surface area contributed by atoms with Crippen LogP contribution in [-0.4, -0.2) is 90.1 Å². The largest absolute Gasteiger partial charge is 0.355 e. The Morgan fingerprint density at radius 3 is 2.53 bits per heavy atom. The molecule has 3 fully saturated rings. The molecule has 7 rings (SSSR count). The van der Waals surface area contributed by atoms with E-state index in [0.29, 0.717) is 30.0 Å². The van der Waals surface area contributed by atoms with Gasteiger partial charge in [0.1, 0.15) is 44.7 Å². The Morgan fingerprint density at radius 2 is 1.82 bits per heavy atom. The van der Waals surface area contributed by atoms with Gasteiger partial charge in [-0.1, -0.05) is 6.07 Å². The summed E-state index contributed by atoms with van der Waals surface area (Å²) in [5.74, 6) is 1.68. The lowest BCUT2D eigenvalue weighted by molar-refractivity contribution is 0.0116. The third-order valence-electron chi connectivity index (χ3n) is 10.3. The van der Waals surface area contributed by atoms with Crippen molar-refractivity contribution in [3.8, 4) is 6.07 Å². The number of hydrogen-bond acceptors (Lipinski definition) is 9. The SMILES string of the molecule is Cc1nc(N2CCC3(CN(Cc4ccc5c(cc(C#N)n5CCN5CCC(S(C)(=O)=O)CC5)c4C)C3)C2)c2cc(CF)sc2n1. The molecule has 45 heavy (non-hydrogen) atoms. The average molecular weight is 650 g/mol. The zero-order chi connectivity index (χ0) is 31.5. The predicted molar refractivity (Wildman–Crippen MR) is 177 cm³/mol. The number of aromatic nitrogens is 3. The number of likely N-dealkylation sites (tertiary alicyclic amines) is 2. The highest BCUT2D eigenvalue weighted by molar-refractivity contribution is 7.91. The van der Waals surface area contributed by atoms with Crippen LogP contribution in [0.5, 0.6) is 0 Å². The van der Waals surface area contributed by atoms with Gasteiger partial charge >= 0.3 is 0 Å². The standard InChI is InChI=1S/C33H40FN7O2S2/c1-22-24(4-5-30-28(22)14-25(17-35)41(30)13-12-38-9-6-27(7-10-38)45(3,42)43)18-39-19-33(20-39)8-11-40(21-33)31-29-15-26(16-34)44-32(29)37-23(2)36-31/h4-5,14-15,27H,6-13,16,18-21H2,1-3H3. The number of thiophene rings is 1. The molecule has 1 aromatic carbocycles. The summed E-state index contributed by atoms with van der Waals surface area (Å²) < 4.78 is 39.4. The third-order valence-corrected chi connectivity index (χ3v) is 13.0. The Balaban J connectivity index is 1.00. The van der Waals surface area contributed by atoms with Gasteiger partial charge in [0.15, 0.2) is 0 Å². The summed E-state index contributed by atoms with van der Waals surface area (Å²) in [7, 11) is -2.99. The maximum Gasteiger partial charge on any atom is 0.150 e. The maximum absolute atomic E-state index is 13.4. The molecule has 0 N–H and O–H groups in total. The van der Waals surface area contributed by atoms with Crippen LogP contribution in [0.25, 0.3) is 21.1 Å². The maximum atomic E-state index is 13.4. The lowest BCUT2D eigenvalue weighted by Crippen LogP contribution is -2.56. The van der Waals surface area contributed by atoms with Gasteiger partial charge in [-0.05, 0) is 75.5 Å². The minimum absolute atomic E-state index is 0.234. The van der Waals surface area contributed by atoms with Crippen LogP contribution in [0.15, 0.2) is 24.3 Å².